The predicted octanol–water partition coefficient (Wildman–Crippen LogP) is 4.26. The summed E-state index contributed by atoms with van der Waals surface area (Å²) in [4.78, 5) is 11.2. The van der Waals surface area contributed by atoms with Crippen molar-refractivity contribution in [3.05, 3.63) is 62.3 Å². The number of anilines is 1. The summed E-state index contributed by atoms with van der Waals surface area (Å²) in [5, 5.41) is 3.71. The molecule has 2 rings (SSSR count). The summed E-state index contributed by atoms with van der Waals surface area (Å²) in [5.74, 6) is -1.14. The molecule has 0 spiro atoms. The number of rotatable bonds is 4. The fourth-order valence-electron chi connectivity index (χ4n) is 1.87. The molecule has 0 heterocycles. The van der Waals surface area contributed by atoms with E-state index in [1.165, 1.54) is 0 Å². The highest BCUT2D eigenvalue weighted by molar-refractivity contribution is 9.10. The van der Waals surface area contributed by atoms with Gasteiger partial charge in [0.15, 0.2) is 0 Å². The average molecular weight is 372 g/mol. The molecule has 0 radical (unpaired) electrons. The summed E-state index contributed by atoms with van der Waals surface area (Å²) in [6.45, 7) is 2.07. The Kier molecular flexibility index (Phi) is 4.85. The van der Waals surface area contributed by atoms with Crippen molar-refractivity contribution in [2.24, 2.45) is 5.73 Å². The van der Waals surface area contributed by atoms with Gasteiger partial charge in [0.05, 0.1) is 0 Å². The van der Waals surface area contributed by atoms with Crippen molar-refractivity contribution in [1.82, 2.24) is 0 Å². The number of halogens is 3. The minimum absolute atomic E-state index is 0.130. The third-order valence-electron chi connectivity index (χ3n) is 3.11. The molecule has 2 aromatic rings. The Hall–Kier alpha value is -1.59. The van der Waals surface area contributed by atoms with E-state index in [0.29, 0.717) is 22.8 Å². The second-order valence-corrected chi connectivity index (χ2v) is 5.87. The molecule has 0 fully saturated rings. The second kappa shape index (κ2) is 6.45. The Morgan fingerprint density at radius 1 is 1.38 bits per heavy atom. The van der Waals surface area contributed by atoms with Crippen LogP contribution in [0.4, 0.5) is 10.1 Å². The van der Waals surface area contributed by atoms with Gasteiger partial charge in [-0.3, -0.25) is 4.79 Å². The van der Waals surface area contributed by atoms with E-state index in [0.717, 1.165) is 16.1 Å². The Balaban J connectivity index is 2.27. The third-order valence-corrected chi connectivity index (χ3v) is 4.11. The first-order chi connectivity index (χ1) is 9.88. The van der Waals surface area contributed by atoms with Gasteiger partial charge in [0, 0.05) is 32.9 Å². The zero-order chi connectivity index (χ0) is 15.6. The molecule has 0 aromatic heterocycles. The van der Waals surface area contributed by atoms with E-state index in [9.17, 15) is 9.18 Å². The first kappa shape index (κ1) is 15.8. The number of hydrogen-bond acceptors (Lipinski definition) is 2. The maximum absolute atomic E-state index is 13.8. The number of benzene rings is 2. The van der Waals surface area contributed by atoms with E-state index in [1.54, 1.807) is 19.1 Å². The molecule has 0 aliphatic carbocycles. The van der Waals surface area contributed by atoms with E-state index in [2.05, 4.69) is 21.2 Å². The van der Waals surface area contributed by atoms with Gasteiger partial charge in [0.2, 0.25) is 5.91 Å². The summed E-state index contributed by atoms with van der Waals surface area (Å²) in [6.07, 6.45) is 0. The van der Waals surface area contributed by atoms with Gasteiger partial charge in [-0.05, 0) is 42.8 Å². The maximum atomic E-state index is 13.8. The van der Waals surface area contributed by atoms with Crippen molar-refractivity contribution in [2.75, 3.05) is 5.32 Å². The molecule has 0 saturated heterocycles. The summed E-state index contributed by atoms with van der Waals surface area (Å²) in [6, 6.07) is 8.10. The van der Waals surface area contributed by atoms with Crippen LogP contribution in [0.2, 0.25) is 5.02 Å². The number of primary amides is 1. The number of amides is 1. The zero-order valence-corrected chi connectivity index (χ0v) is 13.6. The molecule has 1 amide bonds. The second-order valence-electron chi connectivity index (χ2n) is 4.58. The molecule has 0 aliphatic heterocycles. The van der Waals surface area contributed by atoms with Crippen LogP contribution >= 0.6 is 27.5 Å². The summed E-state index contributed by atoms with van der Waals surface area (Å²) in [7, 11) is 0. The van der Waals surface area contributed by atoms with Gasteiger partial charge < -0.3 is 11.1 Å². The van der Waals surface area contributed by atoms with E-state index in [1.807, 2.05) is 12.1 Å². The van der Waals surface area contributed by atoms with Gasteiger partial charge in [0.1, 0.15) is 5.82 Å². The molecular weight excluding hydrogens is 359 g/mol. The monoisotopic (exact) mass is 370 g/mol. The normalized spacial score (nSPS) is 10.5. The van der Waals surface area contributed by atoms with Crippen molar-refractivity contribution in [3.8, 4) is 0 Å². The van der Waals surface area contributed by atoms with Gasteiger partial charge in [0.25, 0.3) is 0 Å². The van der Waals surface area contributed by atoms with Crippen molar-refractivity contribution >= 4 is 39.1 Å². The summed E-state index contributed by atoms with van der Waals surface area (Å²) >= 11 is 9.38. The first-order valence-corrected chi connectivity index (χ1v) is 7.33. The number of nitrogens with two attached hydrogens (primary N) is 1. The van der Waals surface area contributed by atoms with E-state index < -0.39 is 11.7 Å². The number of carbonyl (C=O) groups is 1. The van der Waals surface area contributed by atoms with Crippen molar-refractivity contribution < 1.29 is 9.18 Å². The predicted molar refractivity (Wildman–Crippen MR) is 86.1 cm³/mol. The largest absolute Gasteiger partial charge is 0.381 e. The quantitative estimate of drug-likeness (QED) is 0.843. The molecular formula is C15H13BrClFN2O. The van der Waals surface area contributed by atoms with Gasteiger partial charge in [-0.15, -0.1) is 0 Å². The lowest BCUT2D eigenvalue weighted by Gasteiger charge is -2.13. The Labute approximate surface area is 135 Å². The molecule has 0 atom stereocenters. The van der Waals surface area contributed by atoms with Crippen LogP contribution in [-0.2, 0) is 6.54 Å². The molecule has 3 nitrogen and oxygen atoms in total. The fourth-order valence-corrected chi connectivity index (χ4v) is 2.46. The van der Waals surface area contributed by atoms with Crippen LogP contribution in [0.1, 0.15) is 21.5 Å². The Morgan fingerprint density at radius 2 is 2.10 bits per heavy atom. The number of hydrogen-bond donors (Lipinski definition) is 2. The van der Waals surface area contributed by atoms with E-state index >= 15 is 0 Å². The summed E-state index contributed by atoms with van der Waals surface area (Å²) in [5.41, 5.74) is 7.20. The van der Waals surface area contributed by atoms with Crippen LogP contribution in [0, 0.1) is 12.7 Å². The molecule has 110 valence electrons. The lowest BCUT2D eigenvalue weighted by atomic mass is 10.1. The van der Waals surface area contributed by atoms with E-state index in [4.69, 9.17) is 17.3 Å². The van der Waals surface area contributed by atoms with E-state index in [-0.39, 0.29) is 5.56 Å². The van der Waals surface area contributed by atoms with Crippen LogP contribution in [0.15, 0.2) is 34.8 Å². The fraction of sp³-hybridized carbons (Fsp3) is 0.133. The molecule has 3 N–H and O–H groups in total. The molecule has 21 heavy (non-hydrogen) atoms. The molecule has 6 heteroatoms. The van der Waals surface area contributed by atoms with Gasteiger partial charge in [-0.1, -0.05) is 27.5 Å². The van der Waals surface area contributed by atoms with Crippen molar-refractivity contribution in [1.29, 1.82) is 0 Å². The maximum Gasteiger partial charge on any atom is 0.248 e. The van der Waals surface area contributed by atoms with Crippen LogP contribution < -0.4 is 11.1 Å². The Bertz CT molecular complexity index is 706. The highest BCUT2D eigenvalue weighted by Gasteiger charge is 2.11. The molecule has 0 unspecified atom stereocenters. The minimum atomic E-state index is -0.666. The average Bonchev–Trinajstić information content (AvgIpc) is 2.43. The standard InChI is InChI=1S/C15H13BrClFN2O/c1-8-13(18)5-9(15(19)21)6-14(8)20-7-10-4-11(17)2-3-12(10)16/h2-6,20H,7H2,1H3,(H2,19,21). The SMILES string of the molecule is Cc1c(F)cc(C(N)=O)cc1NCc1cc(Cl)ccc1Br. The topological polar surface area (TPSA) is 55.1 Å². The highest BCUT2D eigenvalue weighted by atomic mass is 79.9. The zero-order valence-electron chi connectivity index (χ0n) is 11.2. The first-order valence-electron chi connectivity index (χ1n) is 6.16. The lowest BCUT2D eigenvalue weighted by Crippen LogP contribution is -2.13. The lowest BCUT2D eigenvalue weighted by molar-refractivity contribution is 0.1000. The number of carbonyl (C=O) groups excluding carboxylic acids is 1. The minimum Gasteiger partial charge on any atom is -0.381 e. The molecule has 0 bridgehead atoms. The molecule has 0 saturated carbocycles. The van der Waals surface area contributed by atoms with Crippen molar-refractivity contribution in [3.63, 3.8) is 0 Å². The number of nitrogens with one attached hydrogen (secondary N) is 1. The molecule has 2 aromatic carbocycles. The van der Waals surface area contributed by atoms with Crippen LogP contribution in [0.25, 0.3) is 0 Å². The third kappa shape index (κ3) is 3.74. The highest BCUT2D eigenvalue weighted by Crippen LogP contribution is 2.25. The molecule has 0 aliphatic rings. The van der Waals surface area contributed by atoms with Gasteiger partial charge in [-0.2, -0.15) is 0 Å². The van der Waals surface area contributed by atoms with Gasteiger partial charge in [-0.25, -0.2) is 4.39 Å². The van der Waals surface area contributed by atoms with Crippen LogP contribution in [0.5, 0.6) is 0 Å². The summed E-state index contributed by atoms with van der Waals surface area (Å²) < 4.78 is 14.7. The Morgan fingerprint density at radius 3 is 2.76 bits per heavy atom. The smallest absolute Gasteiger partial charge is 0.248 e. The van der Waals surface area contributed by atoms with Crippen molar-refractivity contribution in [2.45, 2.75) is 13.5 Å². The van der Waals surface area contributed by atoms with Gasteiger partial charge >= 0.3 is 0 Å². The van der Waals surface area contributed by atoms with Crippen LogP contribution in [-0.4, -0.2) is 5.91 Å². The van der Waals surface area contributed by atoms with Crippen LogP contribution in [0.3, 0.4) is 0 Å².